The Morgan fingerprint density at radius 3 is 2.73 bits per heavy atom. The third-order valence-corrected chi connectivity index (χ3v) is 1.54. The van der Waals surface area contributed by atoms with Crippen LogP contribution in [0, 0.1) is 0 Å². The molecule has 0 bridgehead atoms. The van der Waals surface area contributed by atoms with Crippen LogP contribution in [-0.4, -0.2) is 44.5 Å². The molecule has 0 aliphatic carbocycles. The van der Waals surface area contributed by atoms with Crippen molar-refractivity contribution in [3.8, 4) is 0 Å². The van der Waals surface area contributed by atoms with Crippen LogP contribution in [0.15, 0.2) is 12.7 Å². The van der Waals surface area contributed by atoms with Gasteiger partial charge in [-0.2, -0.15) is 0 Å². The maximum absolute atomic E-state index is 10.1. The van der Waals surface area contributed by atoms with Gasteiger partial charge in [-0.3, -0.25) is 4.90 Å². The van der Waals surface area contributed by atoms with Crippen LogP contribution in [0.3, 0.4) is 0 Å². The predicted octanol–water partition coefficient (Wildman–Crippen LogP) is 0.318. The molecule has 0 radical (unpaired) electrons. The number of ether oxygens (including phenoxy) is 1. The molecule has 0 spiro atoms. The number of rotatable bonds is 6. The van der Waals surface area contributed by atoms with Crippen LogP contribution in [0.2, 0.25) is 0 Å². The number of likely N-dealkylation sites (N-methyl/N-ethyl adjacent to an activating group) is 1. The van der Waals surface area contributed by atoms with E-state index in [0.29, 0.717) is 13.2 Å². The van der Waals surface area contributed by atoms with E-state index in [-0.39, 0.29) is 6.04 Å². The minimum Gasteiger partial charge on any atom is -0.383 e. The van der Waals surface area contributed by atoms with Crippen molar-refractivity contribution in [3.63, 3.8) is 0 Å². The zero-order valence-electron chi connectivity index (χ0n) is 7.12. The number of nitrogens with zero attached hydrogens (tertiary/aromatic N) is 1. The molecule has 0 saturated carbocycles. The van der Waals surface area contributed by atoms with Crippen LogP contribution >= 0.6 is 0 Å². The molecule has 3 nitrogen and oxygen atoms in total. The fourth-order valence-electron chi connectivity index (χ4n) is 0.799. The molecular weight excluding hydrogens is 142 g/mol. The van der Waals surface area contributed by atoms with Crippen LogP contribution in [0.5, 0.6) is 0 Å². The van der Waals surface area contributed by atoms with Crippen molar-refractivity contribution in [2.45, 2.75) is 6.04 Å². The van der Waals surface area contributed by atoms with Crippen molar-refractivity contribution >= 4 is 6.29 Å². The summed E-state index contributed by atoms with van der Waals surface area (Å²) in [6.45, 7) is 4.64. The normalized spacial score (nSPS) is 13.0. The summed E-state index contributed by atoms with van der Waals surface area (Å²) in [5.74, 6) is 0. The van der Waals surface area contributed by atoms with E-state index in [4.69, 9.17) is 4.74 Å². The molecule has 0 aromatic heterocycles. The molecule has 11 heavy (non-hydrogen) atoms. The lowest BCUT2D eigenvalue weighted by atomic mass is 10.3. The van der Waals surface area contributed by atoms with E-state index in [1.165, 1.54) is 0 Å². The van der Waals surface area contributed by atoms with Gasteiger partial charge in [-0.15, -0.1) is 6.58 Å². The Balaban J connectivity index is 3.79. The van der Waals surface area contributed by atoms with E-state index in [0.717, 1.165) is 6.29 Å². The van der Waals surface area contributed by atoms with Gasteiger partial charge < -0.3 is 9.53 Å². The Bertz CT molecular complexity index is 125. The first-order valence-corrected chi connectivity index (χ1v) is 3.51. The summed E-state index contributed by atoms with van der Waals surface area (Å²) in [5.41, 5.74) is 0. The summed E-state index contributed by atoms with van der Waals surface area (Å²) >= 11 is 0. The first kappa shape index (κ1) is 10.3. The minimum absolute atomic E-state index is 0.130. The molecule has 0 N–H and O–H groups in total. The molecule has 0 saturated heterocycles. The molecule has 1 atom stereocenters. The molecule has 3 heteroatoms. The van der Waals surface area contributed by atoms with E-state index >= 15 is 0 Å². The van der Waals surface area contributed by atoms with Crippen LogP contribution in [-0.2, 0) is 9.53 Å². The second-order valence-corrected chi connectivity index (χ2v) is 2.36. The van der Waals surface area contributed by atoms with Crippen molar-refractivity contribution < 1.29 is 9.53 Å². The predicted molar refractivity (Wildman–Crippen MR) is 44.6 cm³/mol. The zero-order valence-corrected chi connectivity index (χ0v) is 7.12. The summed E-state index contributed by atoms with van der Waals surface area (Å²) in [7, 11) is 3.49. The van der Waals surface area contributed by atoms with Gasteiger partial charge in [-0.1, -0.05) is 6.08 Å². The fraction of sp³-hybridized carbons (Fsp3) is 0.625. The van der Waals surface area contributed by atoms with E-state index in [1.54, 1.807) is 13.2 Å². The number of carbonyl (C=O) groups is 1. The number of carbonyl (C=O) groups excluding carboxylic acids is 1. The standard InChI is InChI=1S/C8H15NO2/c1-4-8(7-11-3)9(2)5-6-10/h4,6,8H,1,5,7H2,2-3H3/t8-/m0/s1. The molecule has 0 rings (SSSR count). The largest absolute Gasteiger partial charge is 0.383 e. The summed E-state index contributed by atoms with van der Waals surface area (Å²) in [6.07, 6.45) is 2.64. The van der Waals surface area contributed by atoms with Gasteiger partial charge in [0.1, 0.15) is 6.29 Å². The first-order chi connectivity index (χ1) is 5.26. The molecule has 0 aromatic carbocycles. The van der Waals surface area contributed by atoms with E-state index in [1.807, 2.05) is 11.9 Å². The van der Waals surface area contributed by atoms with Gasteiger partial charge in [0.15, 0.2) is 0 Å². The Morgan fingerprint density at radius 1 is 1.73 bits per heavy atom. The summed E-state index contributed by atoms with van der Waals surface area (Å²) in [5, 5.41) is 0. The Hall–Kier alpha value is -0.670. The smallest absolute Gasteiger partial charge is 0.133 e. The Labute approximate surface area is 67.6 Å². The summed E-state index contributed by atoms with van der Waals surface area (Å²) < 4.78 is 4.93. The van der Waals surface area contributed by atoms with Crippen molar-refractivity contribution in [1.82, 2.24) is 4.90 Å². The van der Waals surface area contributed by atoms with Crippen LogP contribution in [0.25, 0.3) is 0 Å². The van der Waals surface area contributed by atoms with E-state index in [2.05, 4.69) is 6.58 Å². The van der Waals surface area contributed by atoms with Gasteiger partial charge in [0.2, 0.25) is 0 Å². The highest BCUT2D eigenvalue weighted by Gasteiger charge is 2.08. The van der Waals surface area contributed by atoms with Crippen molar-refractivity contribution in [2.75, 3.05) is 27.3 Å². The first-order valence-electron chi connectivity index (χ1n) is 3.51. The highest BCUT2D eigenvalue weighted by atomic mass is 16.5. The minimum atomic E-state index is 0.130. The van der Waals surface area contributed by atoms with Gasteiger partial charge in [0.25, 0.3) is 0 Å². The second-order valence-electron chi connectivity index (χ2n) is 2.36. The zero-order chi connectivity index (χ0) is 8.69. The molecule has 0 aliphatic rings. The van der Waals surface area contributed by atoms with Gasteiger partial charge in [-0.05, 0) is 7.05 Å². The molecule has 0 unspecified atom stereocenters. The third-order valence-electron chi connectivity index (χ3n) is 1.54. The Morgan fingerprint density at radius 2 is 2.36 bits per heavy atom. The number of hydrogen-bond donors (Lipinski definition) is 0. The summed E-state index contributed by atoms with van der Waals surface area (Å²) in [4.78, 5) is 12.0. The van der Waals surface area contributed by atoms with Crippen molar-refractivity contribution in [1.29, 1.82) is 0 Å². The average molecular weight is 157 g/mol. The lowest BCUT2D eigenvalue weighted by molar-refractivity contribution is -0.109. The van der Waals surface area contributed by atoms with Crippen LogP contribution < -0.4 is 0 Å². The maximum Gasteiger partial charge on any atom is 0.133 e. The van der Waals surface area contributed by atoms with Gasteiger partial charge >= 0.3 is 0 Å². The van der Waals surface area contributed by atoms with Crippen LogP contribution in [0.1, 0.15) is 0 Å². The molecule has 0 aliphatic heterocycles. The van der Waals surface area contributed by atoms with E-state index in [9.17, 15) is 4.79 Å². The van der Waals surface area contributed by atoms with Gasteiger partial charge in [0.05, 0.1) is 19.2 Å². The molecule has 0 heterocycles. The lowest BCUT2D eigenvalue weighted by Gasteiger charge is -2.21. The number of hydrogen-bond acceptors (Lipinski definition) is 3. The topological polar surface area (TPSA) is 29.5 Å². The lowest BCUT2D eigenvalue weighted by Crippen LogP contribution is -2.34. The highest BCUT2D eigenvalue weighted by Crippen LogP contribution is 1.96. The average Bonchev–Trinajstić information content (AvgIpc) is 2.00. The third kappa shape index (κ3) is 3.91. The number of aldehydes is 1. The van der Waals surface area contributed by atoms with Crippen molar-refractivity contribution in [3.05, 3.63) is 12.7 Å². The second kappa shape index (κ2) is 6.07. The van der Waals surface area contributed by atoms with Gasteiger partial charge in [0, 0.05) is 7.11 Å². The van der Waals surface area contributed by atoms with E-state index < -0.39 is 0 Å². The fourth-order valence-corrected chi connectivity index (χ4v) is 0.799. The molecule has 0 amide bonds. The quantitative estimate of drug-likeness (QED) is 0.411. The number of methoxy groups -OCH3 is 1. The Kier molecular flexibility index (Phi) is 5.70. The monoisotopic (exact) mass is 157 g/mol. The van der Waals surface area contributed by atoms with Crippen molar-refractivity contribution in [2.24, 2.45) is 0 Å². The molecule has 64 valence electrons. The maximum atomic E-state index is 10.1. The molecular formula is C8H15NO2. The molecule has 0 aromatic rings. The highest BCUT2D eigenvalue weighted by molar-refractivity contribution is 5.52. The summed E-state index contributed by atoms with van der Waals surface area (Å²) in [6, 6.07) is 0.130. The van der Waals surface area contributed by atoms with Crippen LogP contribution in [0.4, 0.5) is 0 Å². The molecule has 0 fully saturated rings. The SMILES string of the molecule is C=C[C@@H](COC)N(C)CC=O. The van der Waals surface area contributed by atoms with Gasteiger partial charge in [-0.25, -0.2) is 0 Å².